The molecule has 7 heteroatoms. The van der Waals surface area contributed by atoms with E-state index in [4.69, 9.17) is 0 Å². The van der Waals surface area contributed by atoms with E-state index in [2.05, 4.69) is 19.1 Å². The molecule has 0 aliphatic carbocycles. The summed E-state index contributed by atoms with van der Waals surface area (Å²) in [7, 11) is 0. The van der Waals surface area contributed by atoms with E-state index in [9.17, 15) is 23.5 Å². The standard InChI is InChI=1S/C35H36F3N3O/c1-2-25-22-41(23-28-8-4-3-7-27(28)20-39)18-16-26(25)19-33(41)34(42)31-15-17-40(32-10-6-5-9-30(31)32)21-24-11-13-29(14-12-24)35(36,37)38/h3-15,17,25-26,33-34,42H,2,16,18-19,21-23H2,1H3/q+2. The molecule has 3 saturated heterocycles. The second-order valence-corrected chi connectivity index (χ2v) is 12.1. The van der Waals surface area contributed by atoms with Gasteiger partial charge < -0.3 is 9.59 Å². The molecule has 42 heavy (non-hydrogen) atoms. The number of hydrogen-bond acceptors (Lipinski definition) is 2. The van der Waals surface area contributed by atoms with E-state index in [-0.39, 0.29) is 6.04 Å². The van der Waals surface area contributed by atoms with Gasteiger partial charge in [-0.15, -0.1) is 0 Å². The van der Waals surface area contributed by atoms with Gasteiger partial charge in [0.05, 0.1) is 35.7 Å². The van der Waals surface area contributed by atoms with Crippen molar-refractivity contribution in [2.75, 3.05) is 13.1 Å². The molecule has 0 saturated carbocycles. The van der Waals surface area contributed by atoms with E-state index in [0.717, 1.165) is 83.1 Å². The lowest BCUT2D eigenvalue weighted by atomic mass is 9.70. The Bertz CT molecular complexity index is 1630. The first-order valence-electron chi connectivity index (χ1n) is 14.8. The Balaban J connectivity index is 1.35. The molecule has 3 aromatic carbocycles. The van der Waals surface area contributed by atoms with Crippen molar-refractivity contribution in [1.82, 2.24) is 0 Å². The van der Waals surface area contributed by atoms with Crippen LogP contribution in [0.4, 0.5) is 13.2 Å². The Hall–Kier alpha value is -3.73. The SMILES string of the molecule is CCC1C[N+]2(Cc3ccccc3C#N)CCC1CC2C(O)c1cc[n+](Cc2ccc(C(F)(F)F)cc2)c2ccccc12. The highest BCUT2D eigenvalue weighted by molar-refractivity contribution is 5.79. The van der Waals surface area contributed by atoms with Crippen LogP contribution in [-0.4, -0.2) is 28.7 Å². The highest BCUT2D eigenvalue weighted by Crippen LogP contribution is 2.48. The maximum Gasteiger partial charge on any atom is 0.416 e. The summed E-state index contributed by atoms with van der Waals surface area (Å²) < 4.78 is 42.0. The molecule has 2 bridgehead atoms. The number of nitriles is 1. The Morgan fingerprint density at radius 1 is 1.02 bits per heavy atom. The zero-order valence-electron chi connectivity index (χ0n) is 23.8. The minimum absolute atomic E-state index is 0.00691. The third-order valence-corrected chi connectivity index (χ3v) is 9.88. The third-order valence-electron chi connectivity index (χ3n) is 9.88. The van der Waals surface area contributed by atoms with Crippen molar-refractivity contribution in [3.05, 3.63) is 113 Å². The highest BCUT2D eigenvalue weighted by atomic mass is 19.4. The quantitative estimate of drug-likeness (QED) is 0.193. The van der Waals surface area contributed by atoms with Crippen molar-refractivity contribution < 1.29 is 27.3 Å². The number of aliphatic hydroxyl groups excluding tert-OH is 1. The van der Waals surface area contributed by atoms with E-state index in [1.54, 1.807) is 0 Å². The van der Waals surface area contributed by atoms with Crippen LogP contribution in [0.2, 0.25) is 0 Å². The van der Waals surface area contributed by atoms with Gasteiger partial charge in [-0.25, -0.2) is 0 Å². The van der Waals surface area contributed by atoms with E-state index in [0.29, 0.717) is 23.9 Å². The average molecular weight is 572 g/mol. The van der Waals surface area contributed by atoms with Gasteiger partial charge >= 0.3 is 6.18 Å². The molecule has 7 rings (SSSR count). The maximum absolute atomic E-state index is 13.1. The van der Waals surface area contributed by atoms with Gasteiger partial charge in [0.15, 0.2) is 12.7 Å². The predicted molar refractivity (Wildman–Crippen MR) is 155 cm³/mol. The molecular formula is C35H36F3N3O+2. The van der Waals surface area contributed by atoms with Crippen molar-refractivity contribution in [3.63, 3.8) is 0 Å². The monoisotopic (exact) mass is 571 g/mol. The lowest BCUT2D eigenvalue weighted by Crippen LogP contribution is -2.67. The first-order chi connectivity index (χ1) is 20.2. The number of aliphatic hydroxyl groups is 1. The van der Waals surface area contributed by atoms with Crippen molar-refractivity contribution in [2.24, 2.45) is 11.8 Å². The predicted octanol–water partition coefficient (Wildman–Crippen LogP) is 6.93. The molecule has 0 spiro atoms. The van der Waals surface area contributed by atoms with Crippen molar-refractivity contribution in [2.45, 2.75) is 57.6 Å². The topological polar surface area (TPSA) is 47.9 Å². The number of quaternary nitrogens is 1. The van der Waals surface area contributed by atoms with Crippen LogP contribution in [0.25, 0.3) is 10.9 Å². The first-order valence-corrected chi connectivity index (χ1v) is 14.8. The van der Waals surface area contributed by atoms with Crippen LogP contribution >= 0.6 is 0 Å². The van der Waals surface area contributed by atoms with Crippen LogP contribution < -0.4 is 4.57 Å². The van der Waals surface area contributed by atoms with Crippen LogP contribution in [0.15, 0.2) is 85.1 Å². The fourth-order valence-electron chi connectivity index (χ4n) is 7.68. The number of hydrogen-bond donors (Lipinski definition) is 1. The van der Waals surface area contributed by atoms with Crippen LogP contribution in [0, 0.1) is 23.2 Å². The van der Waals surface area contributed by atoms with Crippen molar-refractivity contribution in [3.8, 4) is 6.07 Å². The number of rotatable bonds is 7. The van der Waals surface area contributed by atoms with E-state index in [1.165, 1.54) is 12.1 Å². The van der Waals surface area contributed by atoms with Crippen LogP contribution in [0.1, 0.15) is 60.1 Å². The van der Waals surface area contributed by atoms with Gasteiger partial charge in [-0.1, -0.05) is 49.4 Å². The number of nitrogens with zero attached hydrogens (tertiary/aromatic N) is 3. The molecule has 4 aromatic rings. The van der Waals surface area contributed by atoms with E-state index >= 15 is 0 Å². The number of fused-ring (bicyclic) bond motifs is 4. The summed E-state index contributed by atoms with van der Waals surface area (Å²) in [5.74, 6) is 1.19. The van der Waals surface area contributed by atoms with Crippen LogP contribution in [0.5, 0.6) is 0 Å². The zero-order chi connectivity index (χ0) is 29.5. The van der Waals surface area contributed by atoms with E-state index < -0.39 is 17.8 Å². The summed E-state index contributed by atoms with van der Waals surface area (Å²) >= 11 is 0. The summed E-state index contributed by atoms with van der Waals surface area (Å²) in [4.78, 5) is 0. The molecule has 1 aromatic heterocycles. The highest BCUT2D eigenvalue weighted by Gasteiger charge is 2.54. The number of benzene rings is 3. The number of piperidine rings is 3. The molecule has 5 atom stereocenters. The molecule has 0 amide bonds. The molecule has 4 heterocycles. The Labute approximate surface area is 244 Å². The number of aromatic nitrogens is 1. The first kappa shape index (κ1) is 28.4. The van der Waals surface area contributed by atoms with Gasteiger partial charge in [-0.05, 0) is 36.6 Å². The van der Waals surface area contributed by atoms with Gasteiger partial charge in [-0.3, -0.25) is 0 Å². The van der Waals surface area contributed by atoms with Crippen molar-refractivity contribution in [1.29, 1.82) is 5.26 Å². The van der Waals surface area contributed by atoms with Crippen molar-refractivity contribution >= 4 is 10.9 Å². The number of para-hydroxylation sites is 1. The lowest BCUT2D eigenvalue weighted by molar-refractivity contribution is -0.985. The molecule has 4 nitrogen and oxygen atoms in total. The van der Waals surface area contributed by atoms with Crippen LogP contribution in [-0.2, 0) is 19.3 Å². The largest absolute Gasteiger partial charge is 0.416 e. The summed E-state index contributed by atoms with van der Waals surface area (Å²) in [6.07, 6.45) is 0.0938. The molecular weight excluding hydrogens is 535 g/mol. The number of pyridine rings is 1. The second kappa shape index (κ2) is 11.2. The normalized spacial score (nSPS) is 24.4. The summed E-state index contributed by atoms with van der Waals surface area (Å²) in [5.41, 5.74) is 3.67. The second-order valence-electron chi connectivity index (χ2n) is 12.1. The Morgan fingerprint density at radius 3 is 2.50 bits per heavy atom. The summed E-state index contributed by atoms with van der Waals surface area (Å²) in [6, 6.07) is 25.4. The molecule has 3 aliphatic rings. The third kappa shape index (κ3) is 5.19. The number of alkyl halides is 3. The smallest absolute Gasteiger partial charge is 0.382 e. The summed E-state index contributed by atoms with van der Waals surface area (Å²) in [6.45, 7) is 5.40. The van der Waals surface area contributed by atoms with Gasteiger partial charge in [-0.2, -0.15) is 23.0 Å². The number of halogens is 3. The molecule has 5 unspecified atom stereocenters. The zero-order valence-corrected chi connectivity index (χ0v) is 23.8. The Morgan fingerprint density at radius 2 is 1.76 bits per heavy atom. The minimum Gasteiger partial charge on any atom is -0.382 e. The average Bonchev–Trinajstić information content (AvgIpc) is 3.01. The van der Waals surface area contributed by atoms with Gasteiger partial charge in [0.1, 0.15) is 18.7 Å². The fraction of sp³-hybridized carbons (Fsp3) is 0.371. The van der Waals surface area contributed by atoms with Gasteiger partial charge in [0.2, 0.25) is 5.52 Å². The molecule has 3 aliphatic heterocycles. The maximum atomic E-state index is 13.1. The van der Waals surface area contributed by atoms with Gasteiger partial charge in [0, 0.05) is 47.6 Å². The lowest BCUT2D eigenvalue weighted by Gasteiger charge is -2.58. The Kier molecular flexibility index (Phi) is 7.55. The summed E-state index contributed by atoms with van der Waals surface area (Å²) in [5, 5.41) is 22.9. The molecule has 0 radical (unpaired) electrons. The fourth-order valence-corrected chi connectivity index (χ4v) is 7.68. The molecule has 216 valence electrons. The minimum atomic E-state index is -4.36. The van der Waals surface area contributed by atoms with Gasteiger partial charge in [0.25, 0.3) is 0 Å². The molecule has 3 fully saturated rings. The van der Waals surface area contributed by atoms with Crippen LogP contribution in [0.3, 0.4) is 0 Å². The van der Waals surface area contributed by atoms with E-state index in [1.807, 2.05) is 59.3 Å². The molecule has 1 N–H and O–H groups in total.